The Labute approximate surface area is 260 Å². The van der Waals surface area contributed by atoms with Crippen molar-refractivity contribution < 1.29 is 28.3 Å². The summed E-state index contributed by atoms with van der Waals surface area (Å²) in [5, 5.41) is 3.30. The van der Waals surface area contributed by atoms with E-state index in [-0.39, 0.29) is 27.8 Å². The second-order valence-corrected chi connectivity index (χ2v) is 11.4. The van der Waals surface area contributed by atoms with E-state index in [0.29, 0.717) is 29.1 Å². The van der Waals surface area contributed by atoms with Gasteiger partial charge >= 0.3 is 5.97 Å². The molecule has 1 aromatic heterocycles. The first-order valence-electron chi connectivity index (χ1n) is 13.2. The van der Waals surface area contributed by atoms with Crippen molar-refractivity contribution in [3.05, 3.63) is 104 Å². The zero-order valence-electron chi connectivity index (χ0n) is 22.7. The van der Waals surface area contributed by atoms with Gasteiger partial charge in [0.2, 0.25) is 5.91 Å². The number of rotatable bonds is 9. The molecular formula is C31H24Cl2FN3O5S. The number of esters is 1. The minimum atomic E-state index is -0.633. The Bertz CT molecular complexity index is 1810. The standard InChI is InChI=1S/C31H24Cl2FN3O5S/c1-2-11-42-30(40)23-14-21(9-10-24(23)32)35-28(38)17-37-29(39)27(43-31(37)41)12-19-16-36(26-6-4-3-5-22(19)26)15-18-7-8-20(34)13-25(18)33/h3-10,12-14,16H,2,11,15,17H2,1H3,(H,35,38)/b27-12-. The van der Waals surface area contributed by atoms with Crippen molar-refractivity contribution in [2.24, 2.45) is 0 Å². The van der Waals surface area contributed by atoms with Crippen molar-refractivity contribution in [1.82, 2.24) is 9.47 Å². The van der Waals surface area contributed by atoms with Crippen LogP contribution in [0.5, 0.6) is 0 Å². The summed E-state index contributed by atoms with van der Waals surface area (Å²) in [4.78, 5) is 52.0. The maximum Gasteiger partial charge on any atom is 0.339 e. The number of aromatic nitrogens is 1. The quantitative estimate of drug-likeness (QED) is 0.152. The molecule has 1 fully saturated rings. The van der Waals surface area contributed by atoms with Crippen LogP contribution in [0.15, 0.2) is 71.8 Å². The van der Waals surface area contributed by atoms with Crippen molar-refractivity contribution in [2.75, 3.05) is 18.5 Å². The van der Waals surface area contributed by atoms with E-state index in [0.717, 1.165) is 27.6 Å². The van der Waals surface area contributed by atoms with E-state index >= 15 is 0 Å². The molecule has 12 heteroatoms. The fourth-order valence-electron chi connectivity index (χ4n) is 4.51. The number of nitrogens with zero attached hydrogens (tertiary/aromatic N) is 2. The average Bonchev–Trinajstić information content (AvgIpc) is 3.45. The van der Waals surface area contributed by atoms with Crippen LogP contribution >= 0.6 is 35.0 Å². The Kier molecular flexibility index (Phi) is 9.19. The Morgan fingerprint density at radius 2 is 1.84 bits per heavy atom. The first-order chi connectivity index (χ1) is 20.6. The Balaban J connectivity index is 1.32. The van der Waals surface area contributed by atoms with Crippen molar-refractivity contribution in [3.63, 3.8) is 0 Å². The van der Waals surface area contributed by atoms with Gasteiger partial charge in [0.25, 0.3) is 11.1 Å². The van der Waals surface area contributed by atoms with Gasteiger partial charge in [0.1, 0.15) is 12.4 Å². The molecule has 3 aromatic carbocycles. The molecule has 0 saturated carbocycles. The summed E-state index contributed by atoms with van der Waals surface area (Å²) in [6.07, 6.45) is 4.08. The minimum Gasteiger partial charge on any atom is -0.462 e. The van der Waals surface area contributed by atoms with E-state index in [4.69, 9.17) is 27.9 Å². The number of hydrogen-bond donors (Lipinski definition) is 1. The van der Waals surface area contributed by atoms with E-state index in [1.165, 1.54) is 30.3 Å². The van der Waals surface area contributed by atoms with Crippen LogP contribution < -0.4 is 5.32 Å². The lowest BCUT2D eigenvalue weighted by Crippen LogP contribution is -2.36. The molecule has 0 bridgehead atoms. The lowest BCUT2D eigenvalue weighted by Gasteiger charge is -2.13. The van der Waals surface area contributed by atoms with Crippen LogP contribution in [0.1, 0.15) is 34.8 Å². The number of amides is 3. The van der Waals surface area contributed by atoms with Gasteiger partial charge in [-0.25, -0.2) is 9.18 Å². The zero-order chi connectivity index (χ0) is 30.7. The molecule has 8 nitrogen and oxygen atoms in total. The van der Waals surface area contributed by atoms with Crippen LogP contribution in [0.4, 0.5) is 14.9 Å². The average molecular weight is 641 g/mol. The van der Waals surface area contributed by atoms with E-state index in [9.17, 15) is 23.6 Å². The summed E-state index contributed by atoms with van der Waals surface area (Å²) in [5.41, 5.74) is 2.60. The highest BCUT2D eigenvalue weighted by molar-refractivity contribution is 8.18. The number of anilines is 1. The van der Waals surface area contributed by atoms with Crippen LogP contribution in [0, 0.1) is 5.82 Å². The van der Waals surface area contributed by atoms with Gasteiger partial charge in [0.15, 0.2) is 0 Å². The second-order valence-electron chi connectivity index (χ2n) is 9.61. The largest absolute Gasteiger partial charge is 0.462 e. The number of para-hydroxylation sites is 1. The molecule has 0 aliphatic carbocycles. The van der Waals surface area contributed by atoms with Gasteiger partial charge in [0.05, 0.1) is 22.1 Å². The molecular weight excluding hydrogens is 616 g/mol. The van der Waals surface area contributed by atoms with Crippen molar-refractivity contribution in [2.45, 2.75) is 19.9 Å². The lowest BCUT2D eigenvalue weighted by molar-refractivity contribution is -0.127. The Morgan fingerprint density at radius 3 is 2.60 bits per heavy atom. The number of thioether (sulfide) groups is 1. The summed E-state index contributed by atoms with van der Waals surface area (Å²) < 4.78 is 20.6. The molecule has 43 heavy (non-hydrogen) atoms. The Morgan fingerprint density at radius 1 is 1.05 bits per heavy atom. The van der Waals surface area contributed by atoms with Crippen LogP contribution in [-0.2, 0) is 20.9 Å². The highest BCUT2D eigenvalue weighted by Crippen LogP contribution is 2.34. The monoisotopic (exact) mass is 639 g/mol. The van der Waals surface area contributed by atoms with Gasteiger partial charge in [0, 0.05) is 39.9 Å². The maximum atomic E-state index is 13.5. The third-order valence-electron chi connectivity index (χ3n) is 6.54. The predicted octanol–water partition coefficient (Wildman–Crippen LogP) is 7.38. The fourth-order valence-corrected chi connectivity index (χ4v) is 5.76. The number of hydrogen-bond acceptors (Lipinski definition) is 6. The van der Waals surface area contributed by atoms with E-state index < -0.39 is 35.4 Å². The van der Waals surface area contributed by atoms with Gasteiger partial charge in [-0.2, -0.15) is 0 Å². The third kappa shape index (κ3) is 6.77. The number of nitrogens with one attached hydrogen (secondary N) is 1. The molecule has 0 radical (unpaired) electrons. The van der Waals surface area contributed by atoms with Crippen LogP contribution in [0.3, 0.4) is 0 Å². The number of imide groups is 1. The molecule has 1 aliphatic rings. The lowest BCUT2D eigenvalue weighted by atomic mass is 10.1. The van der Waals surface area contributed by atoms with Crippen molar-refractivity contribution >= 4 is 80.7 Å². The highest BCUT2D eigenvalue weighted by atomic mass is 35.5. The smallest absolute Gasteiger partial charge is 0.339 e. The first kappa shape index (κ1) is 30.3. The zero-order valence-corrected chi connectivity index (χ0v) is 25.1. The summed E-state index contributed by atoms with van der Waals surface area (Å²) in [5.74, 6) is -2.29. The van der Waals surface area contributed by atoms with Gasteiger partial charge in [-0.05, 0) is 66.2 Å². The summed E-state index contributed by atoms with van der Waals surface area (Å²) >= 11 is 13.1. The highest BCUT2D eigenvalue weighted by Gasteiger charge is 2.36. The van der Waals surface area contributed by atoms with Crippen molar-refractivity contribution in [3.8, 4) is 0 Å². The molecule has 2 heterocycles. The molecule has 220 valence electrons. The molecule has 5 rings (SSSR count). The summed E-state index contributed by atoms with van der Waals surface area (Å²) in [6.45, 7) is 1.92. The van der Waals surface area contributed by atoms with Gasteiger partial charge < -0.3 is 14.6 Å². The Hall–Kier alpha value is -4.12. The number of ether oxygens (including phenoxy) is 1. The summed E-state index contributed by atoms with van der Waals surface area (Å²) in [7, 11) is 0. The van der Waals surface area contributed by atoms with E-state index in [2.05, 4.69) is 5.32 Å². The van der Waals surface area contributed by atoms with Crippen LogP contribution in [0.25, 0.3) is 17.0 Å². The molecule has 1 aliphatic heterocycles. The van der Waals surface area contributed by atoms with Gasteiger partial charge in [-0.15, -0.1) is 0 Å². The van der Waals surface area contributed by atoms with Crippen LogP contribution in [0.2, 0.25) is 10.0 Å². The topological polar surface area (TPSA) is 97.7 Å². The normalized spacial score (nSPS) is 14.1. The summed E-state index contributed by atoms with van der Waals surface area (Å²) in [6, 6.07) is 16.1. The van der Waals surface area contributed by atoms with E-state index in [1.807, 2.05) is 42.0 Å². The second kappa shape index (κ2) is 13.0. The van der Waals surface area contributed by atoms with E-state index in [1.54, 1.807) is 12.1 Å². The molecule has 1 N–H and O–H groups in total. The van der Waals surface area contributed by atoms with Gasteiger partial charge in [-0.1, -0.05) is 54.4 Å². The number of carbonyl (C=O) groups is 4. The number of benzene rings is 3. The first-order valence-corrected chi connectivity index (χ1v) is 14.8. The molecule has 1 saturated heterocycles. The number of carbonyl (C=O) groups excluding carboxylic acids is 4. The molecule has 0 atom stereocenters. The van der Waals surface area contributed by atoms with Gasteiger partial charge in [-0.3, -0.25) is 19.3 Å². The SMILES string of the molecule is CCCOC(=O)c1cc(NC(=O)CN2C(=O)S/C(=C\c3cn(Cc4ccc(F)cc4Cl)c4ccccc34)C2=O)ccc1Cl. The molecule has 0 unspecified atom stereocenters. The molecule has 3 amide bonds. The van der Waals surface area contributed by atoms with Crippen LogP contribution in [-0.4, -0.2) is 45.6 Å². The number of fused-ring (bicyclic) bond motifs is 1. The van der Waals surface area contributed by atoms with Crippen molar-refractivity contribution in [1.29, 1.82) is 0 Å². The fraction of sp³-hybridized carbons (Fsp3) is 0.161. The third-order valence-corrected chi connectivity index (χ3v) is 8.13. The molecule has 4 aromatic rings. The maximum absolute atomic E-state index is 13.5. The number of halogens is 3. The molecule has 0 spiro atoms. The predicted molar refractivity (Wildman–Crippen MR) is 166 cm³/mol. The minimum absolute atomic E-state index is 0.0860.